The van der Waals surface area contributed by atoms with Crippen LogP contribution in [0, 0.1) is 52.1 Å². The fourth-order valence-electron chi connectivity index (χ4n) is 2.82. The molecule has 2 aromatic rings. The molecule has 0 heterocycles. The first-order chi connectivity index (χ1) is 15.2. The number of hydrogen-bond acceptors (Lipinski definition) is 3. The standard InChI is InChI=1S/C22H24F3N2O2.C2H6N.2CH3.Ni/c1-3-7-14(2)21(28)27-18(12-10-15-8-5-4-6-9-15)22(29)26-17-13-11-16(23)19(24)20(17)25;1-2-3;;;/h4-6,8-9,11,13-14,18H,1,3,7,10,12H2,2H3,(H,26,29)(H,27,28);1-3H2;2*1H3;/q4*-1;/t14-,18+;;;;/m0..../s1. The van der Waals surface area contributed by atoms with Crippen LogP contribution in [-0.4, -0.2) is 24.4 Å². The van der Waals surface area contributed by atoms with E-state index in [4.69, 9.17) is 5.73 Å². The summed E-state index contributed by atoms with van der Waals surface area (Å²) in [4.78, 5) is 25.1. The first-order valence-corrected chi connectivity index (χ1v) is 10.3. The molecule has 0 radical (unpaired) electrons. The number of nitrogens with two attached hydrogens (primary N) is 1. The van der Waals surface area contributed by atoms with Crippen LogP contribution in [0.1, 0.15) is 31.7 Å². The molecule has 202 valence electrons. The van der Waals surface area contributed by atoms with E-state index in [9.17, 15) is 22.8 Å². The van der Waals surface area contributed by atoms with E-state index >= 15 is 0 Å². The summed E-state index contributed by atoms with van der Waals surface area (Å²) < 4.78 is 40.4. The molecule has 0 saturated carbocycles. The van der Waals surface area contributed by atoms with Crippen molar-refractivity contribution in [2.45, 2.75) is 38.6 Å². The molecule has 4 N–H and O–H groups in total. The van der Waals surface area contributed by atoms with Crippen LogP contribution in [0.5, 0.6) is 0 Å². The summed E-state index contributed by atoms with van der Waals surface area (Å²) in [6.07, 6.45) is 1.86. The molecule has 0 fully saturated rings. The van der Waals surface area contributed by atoms with Crippen LogP contribution in [0.3, 0.4) is 0 Å². The molecule has 35 heavy (non-hydrogen) atoms. The van der Waals surface area contributed by atoms with E-state index in [0.717, 1.165) is 17.7 Å². The van der Waals surface area contributed by atoms with Crippen molar-refractivity contribution in [3.63, 3.8) is 0 Å². The summed E-state index contributed by atoms with van der Waals surface area (Å²) in [5.41, 5.74) is 5.21. The smallest absolute Gasteiger partial charge is 0.247 e. The van der Waals surface area contributed by atoms with Crippen LogP contribution < -0.4 is 16.4 Å². The average molecular weight is 538 g/mol. The summed E-state index contributed by atoms with van der Waals surface area (Å²) in [6.45, 7) is 9.20. The summed E-state index contributed by atoms with van der Waals surface area (Å²) in [5.74, 6) is -5.89. The predicted molar refractivity (Wildman–Crippen MR) is 133 cm³/mol. The van der Waals surface area contributed by atoms with Crippen molar-refractivity contribution < 1.29 is 39.3 Å². The Balaban J connectivity index is -0.00000162. The fraction of sp³-hybridized carbons (Fsp3) is 0.308. The second-order valence-electron chi connectivity index (χ2n) is 7.13. The molecule has 9 heteroatoms. The number of halogens is 3. The summed E-state index contributed by atoms with van der Waals surface area (Å²) in [5, 5.41) is 4.91. The molecule has 5 nitrogen and oxygen atoms in total. The van der Waals surface area contributed by atoms with Gasteiger partial charge in [-0.1, -0.05) is 43.7 Å². The minimum absolute atomic E-state index is 0. The number of anilines is 1. The van der Waals surface area contributed by atoms with E-state index in [-0.39, 0.29) is 49.6 Å². The van der Waals surface area contributed by atoms with Gasteiger partial charge in [-0.25, -0.2) is 13.2 Å². The van der Waals surface area contributed by atoms with Crippen LogP contribution in [0.25, 0.3) is 0 Å². The van der Waals surface area contributed by atoms with E-state index in [1.54, 1.807) is 6.92 Å². The third-order valence-corrected chi connectivity index (χ3v) is 4.58. The quantitative estimate of drug-likeness (QED) is 0.237. The Hall–Kier alpha value is -2.38. The number of carbonyl (C=O) groups is 2. The number of rotatable bonds is 9. The van der Waals surface area contributed by atoms with Gasteiger partial charge in [-0.2, -0.15) is 6.42 Å². The normalized spacial score (nSPS) is 11.2. The summed E-state index contributed by atoms with van der Waals surface area (Å²) >= 11 is 0. The van der Waals surface area contributed by atoms with Crippen LogP contribution in [0.2, 0.25) is 0 Å². The molecule has 0 aliphatic rings. The fourth-order valence-corrected chi connectivity index (χ4v) is 2.82. The van der Waals surface area contributed by atoms with Gasteiger partial charge in [0.2, 0.25) is 11.8 Å². The molecule has 0 unspecified atom stereocenters. The van der Waals surface area contributed by atoms with Gasteiger partial charge >= 0.3 is 0 Å². The summed E-state index contributed by atoms with van der Waals surface area (Å²) in [7, 11) is 0. The molecule has 2 rings (SSSR count). The molecule has 0 saturated heterocycles. The second kappa shape index (κ2) is 19.9. The van der Waals surface area contributed by atoms with Gasteiger partial charge in [0, 0.05) is 22.4 Å². The van der Waals surface area contributed by atoms with Gasteiger partial charge in [0.25, 0.3) is 0 Å². The molecule has 2 amide bonds. The third kappa shape index (κ3) is 12.8. The van der Waals surface area contributed by atoms with Crippen molar-refractivity contribution in [1.29, 1.82) is 0 Å². The Labute approximate surface area is 218 Å². The van der Waals surface area contributed by atoms with Crippen LogP contribution in [0.4, 0.5) is 18.9 Å². The van der Waals surface area contributed by atoms with Gasteiger partial charge in [0.1, 0.15) is 6.04 Å². The van der Waals surface area contributed by atoms with Crippen LogP contribution >= 0.6 is 0 Å². The van der Waals surface area contributed by atoms with E-state index in [1.165, 1.54) is 0 Å². The van der Waals surface area contributed by atoms with Crippen LogP contribution in [-0.2, 0) is 32.5 Å². The van der Waals surface area contributed by atoms with E-state index < -0.39 is 35.1 Å². The zero-order chi connectivity index (χ0) is 24.1. The number of carbonyl (C=O) groups excluding carboxylic acids is 2. The largest absolute Gasteiger partial charge is 0.360 e. The first-order valence-electron chi connectivity index (χ1n) is 10.3. The topological polar surface area (TPSA) is 84.2 Å². The van der Waals surface area contributed by atoms with E-state index in [2.05, 4.69) is 24.5 Å². The number of aryl methyl sites for hydroxylation is 1. The van der Waals surface area contributed by atoms with Gasteiger partial charge in [-0.05, 0) is 30.5 Å². The molecule has 2 atom stereocenters. The molecule has 0 aliphatic heterocycles. The van der Waals surface area contributed by atoms with Crippen molar-refractivity contribution >= 4 is 17.5 Å². The first kappa shape index (κ1) is 37.2. The Morgan fingerprint density at radius 2 is 1.51 bits per heavy atom. The molecule has 2 aromatic carbocycles. The number of hydrogen-bond donors (Lipinski definition) is 3. The third-order valence-electron chi connectivity index (χ3n) is 4.58. The number of benzene rings is 2. The minimum atomic E-state index is -1.67. The molecule has 0 bridgehead atoms. The Kier molecular flexibility index (Phi) is 21.1. The van der Waals surface area contributed by atoms with Crippen molar-refractivity contribution in [3.05, 3.63) is 94.2 Å². The van der Waals surface area contributed by atoms with Gasteiger partial charge in [-0.15, -0.1) is 6.54 Å². The second-order valence-corrected chi connectivity index (χ2v) is 7.13. The zero-order valence-electron chi connectivity index (χ0n) is 20.5. The van der Waals surface area contributed by atoms with Gasteiger partial charge < -0.3 is 45.1 Å². The molecule has 0 aromatic heterocycles. The SMILES string of the molecule is [CH2-]CC[C@H](C)C(=O)N[C@H](CCc1ccccc1)C(=O)Nc1ccc(F)c(F)c1F.[CH2-]CN.[CH3-].[CH3-].[Ni]. The average Bonchev–Trinajstić information content (AvgIpc) is 2.78. The minimum Gasteiger partial charge on any atom is -0.360 e. The predicted octanol–water partition coefficient (Wildman–Crippen LogP) is 5.09. The maximum atomic E-state index is 13.9. The molecular weight excluding hydrogens is 502 g/mol. The van der Waals surface area contributed by atoms with Gasteiger partial charge in [-0.3, -0.25) is 9.59 Å². The van der Waals surface area contributed by atoms with Crippen molar-refractivity contribution in [3.8, 4) is 0 Å². The Morgan fingerprint density at radius 1 is 0.943 bits per heavy atom. The van der Waals surface area contributed by atoms with Crippen LogP contribution in [0.15, 0.2) is 42.5 Å². The number of nitrogens with one attached hydrogen (secondary N) is 2. The van der Waals surface area contributed by atoms with Gasteiger partial charge in [0.05, 0.1) is 5.69 Å². The maximum Gasteiger partial charge on any atom is 0.247 e. The summed E-state index contributed by atoms with van der Waals surface area (Å²) in [6, 6.07) is 10.0. The Bertz CT molecular complexity index is 870. The van der Waals surface area contributed by atoms with Crippen molar-refractivity contribution in [2.24, 2.45) is 11.7 Å². The Morgan fingerprint density at radius 3 is 2.06 bits per heavy atom. The van der Waals surface area contributed by atoms with Gasteiger partial charge in [0.15, 0.2) is 17.5 Å². The van der Waals surface area contributed by atoms with Crippen molar-refractivity contribution in [2.75, 3.05) is 11.9 Å². The van der Waals surface area contributed by atoms with E-state index in [1.807, 2.05) is 30.3 Å². The van der Waals surface area contributed by atoms with E-state index in [0.29, 0.717) is 25.8 Å². The molecule has 0 spiro atoms. The number of amides is 2. The van der Waals surface area contributed by atoms with Crippen molar-refractivity contribution in [1.82, 2.24) is 5.32 Å². The maximum absolute atomic E-state index is 13.9. The molecular formula is C26H36F3N3NiO2-4. The monoisotopic (exact) mass is 537 g/mol. The molecule has 0 aliphatic carbocycles. The zero-order valence-corrected chi connectivity index (χ0v) is 21.5.